The van der Waals surface area contributed by atoms with Crippen molar-refractivity contribution in [2.24, 2.45) is 0 Å². The molecule has 1 saturated carbocycles. The van der Waals surface area contributed by atoms with Crippen LogP contribution in [0.1, 0.15) is 28.8 Å². The Bertz CT molecular complexity index is 674. The first-order valence-electron chi connectivity index (χ1n) is 6.43. The average Bonchev–Trinajstić information content (AvgIpc) is 3.30. The summed E-state index contributed by atoms with van der Waals surface area (Å²) in [5.41, 5.74) is 2.02. The highest BCUT2D eigenvalue weighted by Gasteiger charge is 2.45. The Morgan fingerprint density at radius 1 is 1.38 bits per heavy atom. The van der Waals surface area contributed by atoms with Gasteiger partial charge >= 0.3 is 0 Å². The van der Waals surface area contributed by atoms with Crippen LogP contribution in [0, 0.1) is 5.82 Å². The Labute approximate surface area is 120 Å². The fourth-order valence-corrected chi connectivity index (χ4v) is 2.20. The van der Waals surface area contributed by atoms with E-state index >= 15 is 0 Å². The van der Waals surface area contributed by atoms with Crippen LogP contribution in [0.4, 0.5) is 10.2 Å². The van der Waals surface area contributed by atoms with Gasteiger partial charge in [-0.2, -0.15) is 0 Å². The van der Waals surface area contributed by atoms with Crippen LogP contribution in [-0.2, 0) is 5.54 Å². The predicted octanol–water partition coefficient (Wildman–Crippen LogP) is 1.84. The van der Waals surface area contributed by atoms with Gasteiger partial charge in [-0.15, -0.1) is 0 Å². The molecule has 0 aliphatic heterocycles. The molecule has 1 aliphatic carbocycles. The molecule has 0 bridgehead atoms. The summed E-state index contributed by atoms with van der Waals surface area (Å²) in [5, 5.41) is 11.6. The maximum atomic E-state index is 14.0. The van der Waals surface area contributed by atoms with Gasteiger partial charge in [0.2, 0.25) is 0 Å². The van der Waals surface area contributed by atoms with E-state index in [0.29, 0.717) is 0 Å². The molecule has 3 rings (SSSR count). The van der Waals surface area contributed by atoms with Crippen molar-refractivity contribution in [3.05, 3.63) is 53.7 Å². The molecule has 1 fully saturated rings. The van der Waals surface area contributed by atoms with Gasteiger partial charge in [-0.3, -0.25) is 15.0 Å². The van der Waals surface area contributed by atoms with Gasteiger partial charge in [0.25, 0.3) is 5.91 Å². The van der Waals surface area contributed by atoms with E-state index in [2.05, 4.69) is 15.3 Å². The van der Waals surface area contributed by atoms with E-state index in [4.69, 9.17) is 5.21 Å². The Morgan fingerprint density at radius 3 is 2.76 bits per heavy atom. The molecule has 0 saturated heterocycles. The Kier molecular flexibility index (Phi) is 3.26. The minimum Gasteiger partial charge on any atom is -0.358 e. The molecule has 2 heterocycles. The van der Waals surface area contributed by atoms with Gasteiger partial charge in [0.15, 0.2) is 11.6 Å². The van der Waals surface area contributed by atoms with E-state index < -0.39 is 11.7 Å². The summed E-state index contributed by atoms with van der Waals surface area (Å²) in [6.45, 7) is 0. The number of aromatic nitrogens is 2. The second kappa shape index (κ2) is 5.10. The molecule has 2 aromatic rings. The first-order chi connectivity index (χ1) is 10.1. The number of pyridine rings is 2. The fraction of sp³-hybridized carbons (Fsp3) is 0.214. The Morgan fingerprint density at radius 2 is 2.19 bits per heavy atom. The minimum atomic E-state index is -0.804. The molecule has 1 aliphatic rings. The molecule has 6 nitrogen and oxygen atoms in total. The number of rotatable bonds is 4. The highest BCUT2D eigenvalue weighted by Crippen LogP contribution is 2.47. The number of nitrogens with zero attached hydrogens (tertiary/aromatic N) is 2. The first kappa shape index (κ1) is 13.4. The molecule has 0 spiro atoms. The smallest absolute Gasteiger partial charge is 0.276 e. The number of hydrogen-bond acceptors (Lipinski definition) is 5. The highest BCUT2D eigenvalue weighted by atomic mass is 19.1. The second-order valence-electron chi connectivity index (χ2n) is 4.94. The van der Waals surface area contributed by atoms with Gasteiger partial charge in [-0.1, -0.05) is 6.07 Å². The molecule has 3 N–H and O–H groups in total. The maximum Gasteiger partial charge on any atom is 0.276 e. The molecular formula is C14H13FN4O2. The van der Waals surface area contributed by atoms with E-state index in [9.17, 15) is 9.18 Å². The number of nitrogens with one attached hydrogen (secondary N) is 2. The average molecular weight is 288 g/mol. The third kappa shape index (κ3) is 2.55. The molecule has 2 aromatic heterocycles. The lowest BCUT2D eigenvalue weighted by molar-refractivity contribution is 0.0705. The van der Waals surface area contributed by atoms with Gasteiger partial charge in [0.05, 0.1) is 11.1 Å². The van der Waals surface area contributed by atoms with Crippen molar-refractivity contribution in [3.8, 4) is 0 Å². The van der Waals surface area contributed by atoms with Gasteiger partial charge in [0, 0.05) is 18.6 Å². The Balaban J connectivity index is 1.84. The van der Waals surface area contributed by atoms with Gasteiger partial charge in [0.1, 0.15) is 0 Å². The quantitative estimate of drug-likeness (QED) is 0.590. The molecule has 1 amide bonds. The lowest BCUT2D eigenvalue weighted by atomic mass is 10.1. The Hall–Kier alpha value is -2.54. The molecule has 7 heteroatoms. The number of carbonyl (C=O) groups excluding carboxylic acids is 1. The topological polar surface area (TPSA) is 87.1 Å². The zero-order chi connectivity index (χ0) is 14.9. The van der Waals surface area contributed by atoms with Crippen molar-refractivity contribution in [3.63, 3.8) is 0 Å². The minimum absolute atomic E-state index is 0.0493. The second-order valence-corrected chi connectivity index (χ2v) is 4.94. The molecule has 21 heavy (non-hydrogen) atoms. The zero-order valence-corrected chi connectivity index (χ0v) is 11.0. The van der Waals surface area contributed by atoms with Gasteiger partial charge < -0.3 is 5.32 Å². The van der Waals surface area contributed by atoms with Crippen LogP contribution in [0.15, 0.2) is 36.8 Å². The fourth-order valence-electron chi connectivity index (χ4n) is 2.20. The van der Waals surface area contributed by atoms with E-state index in [1.807, 2.05) is 12.1 Å². The van der Waals surface area contributed by atoms with Crippen molar-refractivity contribution in [2.45, 2.75) is 18.4 Å². The van der Waals surface area contributed by atoms with E-state index in [1.165, 1.54) is 11.7 Å². The van der Waals surface area contributed by atoms with Crippen molar-refractivity contribution in [2.75, 3.05) is 5.32 Å². The summed E-state index contributed by atoms with van der Waals surface area (Å²) in [7, 11) is 0. The molecule has 108 valence electrons. The number of hydrogen-bond donors (Lipinski definition) is 3. The summed E-state index contributed by atoms with van der Waals surface area (Å²) in [6.07, 6.45) is 6.35. The molecule has 0 unspecified atom stereocenters. The molecule has 0 radical (unpaired) electrons. The third-order valence-corrected chi connectivity index (χ3v) is 3.53. The molecule has 0 atom stereocenters. The zero-order valence-electron chi connectivity index (χ0n) is 11.0. The SMILES string of the molecule is O=C(NO)c1cnc(NC2(c3cccnc3)CC2)c(F)c1. The third-order valence-electron chi connectivity index (χ3n) is 3.53. The van der Waals surface area contributed by atoms with Crippen molar-refractivity contribution < 1.29 is 14.4 Å². The number of amides is 1. The van der Waals surface area contributed by atoms with E-state index in [-0.39, 0.29) is 16.9 Å². The van der Waals surface area contributed by atoms with Gasteiger partial charge in [-0.05, 0) is 30.5 Å². The first-order valence-corrected chi connectivity index (χ1v) is 6.43. The van der Waals surface area contributed by atoms with Crippen molar-refractivity contribution in [1.29, 1.82) is 0 Å². The van der Waals surface area contributed by atoms with E-state index in [1.54, 1.807) is 12.4 Å². The summed E-state index contributed by atoms with van der Waals surface area (Å²) in [4.78, 5) is 19.2. The standard InChI is InChI=1S/C14H13FN4O2/c15-11-6-9(13(20)19-21)7-17-12(11)18-14(3-4-14)10-2-1-5-16-8-10/h1-2,5-8,21H,3-4H2,(H,17,18)(H,19,20). The summed E-state index contributed by atoms with van der Waals surface area (Å²) < 4.78 is 14.0. The molecule has 0 aromatic carbocycles. The lowest BCUT2D eigenvalue weighted by Crippen LogP contribution is -2.22. The van der Waals surface area contributed by atoms with E-state index in [0.717, 1.165) is 24.5 Å². The lowest BCUT2D eigenvalue weighted by Gasteiger charge is -2.18. The monoisotopic (exact) mass is 288 g/mol. The van der Waals surface area contributed by atoms with Crippen LogP contribution in [-0.4, -0.2) is 21.1 Å². The van der Waals surface area contributed by atoms with Crippen LogP contribution >= 0.6 is 0 Å². The van der Waals surface area contributed by atoms with Crippen LogP contribution in [0.25, 0.3) is 0 Å². The normalized spacial score (nSPS) is 15.3. The number of hydroxylamine groups is 1. The highest BCUT2D eigenvalue weighted by molar-refractivity contribution is 5.93. The van der Waals surface area contributed by atoms with Crippen LogP contribution in [0.2, 0.25) is 0 Å². The number of anilines is 1. The van der Waals surface area contributed by atoms with Crippen LogP contribution in [0.5, 0.6) is 0 Å². The number of carbonyl (C=O) groups is 1. The number of halogens is 1. The van der Waals surface area contributed by atoms with Crippen molar-refractivity contribution >= 4 is 11.7 Å². The van der Waals surface area contributed by atoms with Gasteiger partial charge in [-0.25, -0.2) is 14.9 Å². The predicted molar refractivity (Wildman–Crippen MR) is 72.2 cm³/mol. The van der Waals surface area contributed by atoms with Crippen molar-refractivity contribution in [1.82, 2.24) is 15.4 Å². The summed E-state index contributed by atoms with van der Waals surface area (Å²) in [5.74, 6) is -1.38. The maximum absolute atomic E-state index is 14.0. The summed E-state index contributed by atoms with van der Waals surface area (Å²) in [6, 6.07) is 4.79. The summed E-state index contributed by atoms with van der Waals surface area (Å²) >= 11 is 0. The van der Waals surface area contributed by atoms with Crippen LogP contribution in [0.3, 0.4) is 0 Å². The van der Waals surface area contributed by atoms with Crippen LogP contribution < -0.4 is 10.8 Å². The molecular weight excluding hydrogens is 275 g/mol. The largest absolute Gasteiger partial charge is 0.358 e.